The summed E-state index contributed by atoms with van der Waals surface area (Å²) in [5.74, 6) is 0. The maximum atomic E-state index is 5.85. The standard InChI is InChI=1S/C25H23N5S/c1-17-8-9-20(16-18(17)2)30-24(23(28-25(30)31)21-6-3-4-12-27-21)22-7-5-15-29(22)19-10-13-26-14-11-19/h3-16,23-24H,1-2H3,(H,28,31)/t23-,24+/m0/s1. The van der Waals surface area contributed by atoms with Crippen molar-refractivity contribution >= 4 is 23.0 Å². The van der Waals surface area contributed by atoms with Crippen LogP contribution in [0.4, 0.5) is 5.69 Å². The third kappa shape index (κ3) is 3.49. The Balaban J connectivity index is 1.68. The highest BCUT2D eigenvalue weighted by molar-refractivity contribution is 7.80. The molecule has 0 radical (unpaired) electrons. The molecule has 4 heterocycles. The number of rotatable bonds is 4. The summed E-state index contributed by atoms with van der Waals surface area (Å²) in [6, 6.07) is 20.6. The zero-order chi connectivity index (χ0) is 21.4. The lowest BCUT2D eigenvalue weighted by Gasteiger charge is -2.29. The van der Waals surface area contributed by atoms with Gasteiger partial charge in [0.15, 0.2) is 5.11 Å². The van der Waals surface area contributed by atoms with Crippen molar-refractivity contribution in [3.05, 3.63) is 108 Å². The van der Waals surface area contributed by atoms with E-state index in [4.69, 9.17) is 12.2 Å². The molecule has 1 saturated heterocycles. The predicted molar refractivity (Wildman–Crippen MR) is 127 cm³/mol. The van der Waals surface area contributed by atoms with E-state index in [-0.39, 0.29) is 12.1 Å². The number of hydrogen-bond donors (Lipinski definition) is 1. The van der Waals surface area contributed by atoms with E-state index in [1.165, 1.54) is 11.1 Å². The van der Waals surface area contributed by atoms with E-state index in [0.717, 1.165) is 22.8 Å². The fraction of sp³-hybridized carbons (Fsp3) is 0.160. The third-order valence-corrected chi connectivity index (χ3v) is 6.21. The van der Waals surface area contributed by atoms with E-state index in [2.05, 4.69) is 81.2 Å². The van der Waals surface area contributed by atoms with Gasteiger partial charge < -0.3 is 14.8 Å². The van der Waals surface area contributed by atoms with Gasteiger partial charge >= 0.3 is 0 Å². The molecular weight excluding hydrogens is 402 g/mol. The summed E-state index contributed by atoms with van der Waals surface area (Å²) in [5.41, 5.74) is 6.74. The molecule has 3 aromatic heterocycles. The molecule has 4 aromatic rings. The molecule has 0 unspecified atom stereocenters. The van der Waals surface area contributed by atoms with Crippen molar-refractivity contribution in [1.29, 1.82) is 0 Å². The molecule has 1 N–H and O–H groups in total. The molecular formula is C25H23N5S. The number of nitrogens with zero attached hydrogens (tertiary/aromatic N) is 4. The third-order valence-electron chi connectivity index (χ3n) is 5.89. The molecule has 0 aliphatic carbocycles. The number of nitrogens with one attached hydrogen (secondary N) is 1. The SMILES string of the molecule is Cc1ccc(N2C(=S)N[C@@H](c3ccccn3)[C@H]2c2cccn2-c2ccncc2)cc1C. The normalized spacial score (nSPS) is 18.3. The topological polar surface area (TPSA) is 46.0 Å². The van der Waals surface area contributed by atoms with E-state index < -0.39 is 0 Å². The monoisotopic (exact) mass is 425 g/mol. The molecule has 6 heteroatoms. The highest BCUT2D eigenvalue weighted by Crippen LogP contribution is 2.42. The number of aromatic nitrogens is 3. The van der Waals surface area contributed by atoms with Crippen LogP contribution >= 0.6 is 12.2 Å². The Morgan fingerprint density at radius 3 is 2.45 bits per heavy atom. The molecule has 2 atom stereocenters. The van der Waals surface area contributed by atoms with Crippen LogP contribution in [0.3, 0.4) is 0 Å². The minimum absolute atomic E-state index is 0.0623. The molecule has 154 valence electrons. The van der Waals surface area contributed by atoms with E-state index in [1.807, 2.05) is 42.9 Å². The average Bonchev–Trinajstić information content (AvgIpc) is 3.41. The van der Waals surface area contributed by atoms with E-state index >= 15 is 0 Å². The molecule has 0 amide bonds. The van der Waals surface area contributed by atoms with Crippen molar-refractivity contribution in [3.8, 4) is 5.69 Å². The largest absolute Gasteiger partial charge is 0.351 e. The van der Waals surface area contributed by atoms with Gasteiger partial charge in [0, 0.05) is 41.9 Å². The van der Waals surface area contributed by atoms with Crippen LogP contribution in [-0.4, -0.2) is 19.6 Å². The van der Waals surface area contributed by atoms with Gasteiger partial charge in [-0.25, -0.2) is 0 Å². The molecule has 0 saturated carbocycles. The Bertz CT molecular complexity index is 1220. The molecule has 1 aromatic carbocycles. The van der Waals surface area contributed by atoms with Gasteiger partial charge in [-0.3, -0.25) is 9.97 Å². The number of thiocarbonyl (C=S) groups is 1. The number of hydrogen-bond acceptors (Lipinski definition) is 3. The van der Waals surface area contributed by atoms with Crippen LogP contribution in [-0.2, 0) is 0 Å². The van der Waals surface area contributed by atoms with Crippen molar-refractivity contribution in [2.45, 2.75) is 25.9 Å². The molecule has 1 aliphatic heterocycles. The lowest BCUT2D eigenvalue weighted by atomic mass is 10.00. The highest BCUT2D eigenvalue weighted by atomic mass is 32.1. The molecule has 1 fully saturated rings. The first-order valence-corrected chi connectivity index (χ1v) is 10.7. The molecule has 0 spiro atoms. The van der Waals surface area contributed by atoms with Gasteiger partial charge in [0.1, 0.15) is 6.04 Å². The van der Waals surface area contributed by atoms with Crippen LogP contribution in [0, 0.1) is 13.8 Å². The van der Waals surface area contributed by atoms with E-state index in [1.54, 1.807) is 0 Å². The second-order valence-corrected chi connectivity index (χ2v) is 8.16. The van der Waals surface area contributed by atoms with Crippen LogP contribution in [0.15, 0.2) is 85.5 Å². The van der Waals surface area contributed by atoms with Crippen LogP contribution in [0.2, 0.25) is 0 Å². The molecule has 0 bridgehead atoms. The van der Waals surface area contributed by atoms with Crippen LogP contribution < -0.4 is 10.2 Å². The minimum Gasteiger partial charge on any atom is -0.351 e. The summed E-state index contributed by atoms with van der Waals surface area (Å²) >= 11 is 5.85. The maximum absolute atomic E-state index is 5.85. The van der Waals surface area contributed by atoms with Gasteiger partial charge in [-0.2, -0.15) is 0 Å². The van der Waals surface area contributed by atoms with Crippen LogP contribution in [0.1, 0.15) is 34.6 Å². The number of aryl methyl sites for hydroxylation is 2. The second-order valence-electron chi connectivity index (χ2n) is 7.77. The minimum atomic E-state index is -0.0780. The predicted octanol–water partition coefficient (Wildman–Crippen LogP) is 5.06. The summed E-state index contributed by atoms with van der Waals surface area (Å²) in [4.78, 5) is 11.0. The van der Waals surface area contributed by atoms with Gasteiger partial charge in [0.05, 0.1) is 11.7 Å². The number of anilines is 1. The molecule has 5 rings (SSSR count). The van der Waals surface area contributed by atoms with Crippen molar-refractivity contribution < 1.29 is 0 Å². The van der Waals surface area contributed by atoms with Crippen molar-refractivity contribution in [1.82, 2.24) is 19.9 Å². The Kier molecular flexibility index (Phi) is 5.00. The lowest BCUT2D eigenvalue weighted by molar-refractivity contribution is 0.549. The Hall–Kier alpha value is -3.51. The van der Waals surface area contributed by atoms with Crippen molar-refractivity contribution in [2.24, 2.45) is 0 Å². The highest BCUT2D eigenvalue weighted by Gasteiger charge is 2.42. The molecule has 1 aliphatic rings. The Morgan fingerprint density at radius 2 is 1.71 bits per heavy atom. The quantitative estimate of drug-likeness (QED) is 0.463. The van der Waals surface area contributed by atoms with Crippen LogP contribution in [0.5, 0.6) is 0 Å². The van der Waals surface area contributed by atoms with Crippen molar-refractivity contribution in [3.63, 3.8) is 0 Å². The zero-order valence-electron chi connectivity index (χ0n) is 17.4. The first-order valence-electron chi connectivity index (χ1n) is 10.3. The molecule has 5 nitrogen and oxygen atoms in total. The smallest absolute Gasteiger partial charge is 0.174 e. The summed E-state index contributed by atoms with van der Waals surface area (Å²) in [6.07, 6.45) is 7.54. The molecule has 31 heavy (non-hydrogen) atoms. The number of benzene rings is 1. The second kappa shape index (κ2) is 7.96. The average molecular weight is 426 g/mol. The van der Waals surface area contributed by atoms with E-state index in [0.29, 0.717) is 5.11 Å². The first kappa shape index (κ1) is 19.5. The van der Waals surface area contributed by atoms with E-state index in [9.17, 15) is 0 Å². The summed E-state index contributed by atoms with van der Waals surface area (Å²) in [7, 11) is 0. The summed E-state index contributed by atoms with van der Waals surface area (Å²) < 4.78 is 2.20. The fourth-order valence-corrected chi connectivity index (χ4v) is 4.53. The van der Waals surface area contributed by atoms with Gasteiger partial charge in [-0.05, 0) is 85.7 Å². The zero-order valence-corrected chi connectivity index (χ0v) is 18.3. The van der Waals surface area contributed by atoms with Gasteiger partial charge in [-0.15, -0.1) is 0 Å². The lowest BCUT2D eigenvalue weighted by Crippen LogP contribution is -2.30. The van der Waals surface area contributed by atoms with Gasteiger partial charge in [0.2, 0.25) is 0 Å². The van der Waals surface area contributed by atoms with Crippen molar-refractivity contribution in [2.75, 3.05) is 4.90 Å². The summed E-state index contributed by atoms with van der Waals surface area (Å²) in [5, 5.41) is 4.24. The van der Waals surface area contributed by atoms with Gasteiger partial charge in [0.25, 0.3) is 0 Å². The Labute approximate surface area is 187 Å². The summed E-state index contributed by atoms with van der Waals surface area (Å²) in [6.45, 7) is 4.26. The van der Waals surface area contributed by atoms with Crippen LogP contribution in [0.25, 0.3) is 5.69 Å². The maximum Gasteiger partial charge on any atom is 0.174 e. The Morgan fingerprint density at radius 1 is 0.871 bits per heavy atom. The fourth-order valence-electron chi connectivity index (χ4n) is 4.18. The first-order chi connectivity index (χ1) is 15.1. The van der Waals surface area contributed by atoms with Gasteiger partial charge in [-0.1, -0.05) is 12.1 Å². The number of pyridine rings is 2.